The quantitative estimate of drug-likeness (QED) is 0.685. The van der Waals surface area contributed by atoms with Gasteiger partial charge in [0.15, 0.2) is 5.76 Å². The van der Waals surface area contributed by atoms with Crippen molar-refractivity contribution in [3.05, 3.63) is 23.5 Å². The molecule has 4 rings (SSSR count). The van der Waals surface area contributed by atoms with Crippen LogP contribution in [0.25, 0.3) is 0 Å². The third kappa shape index (κ3) is 2.63. The van der Waals surface area contributed by atoms with Gasteiger partial charge in [0.1, 0.15) is 5.78 Å². The van der Waals surface area contributed by atoms with Crippen LogP contribution >= 0.6 is 0 Å². The van der Waals surface area contributed by atoms with Crippen molar-refractivity contribution in [1.82, 2.24) is 0 Å². The minimum atomic E-state index is -0.837. The molecule has 4 aliphatic rings. The molecule has 0 bridgehead atoms. The van der Waals surface area contributed by atoms with Crippen LogP contribution in [0.4, 0.5) is 0 Å². The number of carboxylic acids is 1. The van der Waals surface area contributed by atoms with Crippen molar-refractivity contribution in [2.45, 2.75) is 72.6 Å². The molecule has 2 N–H and O–H groups in total. The lowest BCUT2D eigenvalue weighted by molar-refractivity contribution is -0.147. The summed E-state index contributed by atoms with van der Waals surface area (Å²) in [6.07, 6.45) is 8.47. The number of aliphatic hydroxyl groups is 1. The first-order chi connectivity index (χ1) is 14.0. The monoisotopic (exact) mass is 414 g/mol. The zero-order valence-electron chi connectivity index (χ0n) is 18.5. The molecule has 0 unspecified atom stereocenters. The molecule has 164 valence electrons. The topological polar surface area (TPSA) is 91.7 Å². The number of carboxylic acid groups (broad SMARTS) is 1. The van der Waals surface area contributed by atoms with Crippen molar-refractivity contribution in [1.29, 1.82) is 0 Å². The van der Waals surface area contributed by atoms with Crippen molar-refractivity contribution in [2.24, 2.45) is 39.9 Å². The van der Waals surface area contributed by atoms with E-state index in [-0.39, 0.29) is 40.5 Å². The Morgan fingerprint density at radius 1 is 1.20 bits per heavy atom. The predicted octanol–water partition coefficient (Wildman–Crippen LogP) is 4.87. The lowest BCUT2D eigenvalue weighted by Gasteiger charge is -2.59. The molecule has 7 atom stereocenters. The lowest BCUT2D eigenvalue weighted by Crippen LogP contribution is -2.54. The summed E-state index contributed by atoms with van der Waals surface area (Å²) < 4.78 is 0. The van der Waals surface area contributed by atoms with E-state index in [2.05, 4.69) is 20.8 Å². The van der Waals surface area contributed by atoms with Crippen molar-refractivity contribution in [3.63, 3.8) is 0 Å². The van der Waals surface area contributed by atoms with Crippen LogP contribution in [0.2, 0.25) is 0 Å². The van der Waals surface area contributed by atoms with Gasteiger partial charge in [-0.2, -0.15) is 0 Å². The van der Waals surface area contributed by atoms with E-state index in [9.17, 15) is 24.6 Å². The van der Waals surface area contributed by atoms with Gasteiger partial charge in [-0.05, 0) is 86.7 Å². The molecular weight excluding hydrogens is 380 g/mol. The van der Waals surface area contributed by atoms with Gasteiger partial charge in [-0.15, -0.1) is 0 Å². The largest absolute Gasteiger partial charge is 0.504 e. The molecule has 0 aliphatic heterocycles. The van der Waals surface area contributed by atoms with Crippen molar-refractivity contribution in [2.75, 3.05) is 0 Å². The molecule has 3 saturated carbocycles. The maximum absolute atomic E-state index is 13.1. The van der Waals surface area contributed by atoms with Gasteiger partial charge in [-0.3, -0.25) is 14.4 Å². The van der Waals surface area contributed by atoms with Crippen LogP contribution in [0, 0.1) is 39.9 Å². The standard InChI is InChI=1S/C25H34O5/c1-14-11-19-17-6-5-16-12-20(27)21(28)13-23(16,3)18(17)7-9-24(19,4)25(14,15(2)26)10-8-22(29)30/h12-14,17-19,28H,5-11H2,1-4H3,(H,29,30)/t14-,17+,18-,19-,23-,24-,25+/m0/s1. The lowest BCUT2D eigenvalue weighted by atomic mass is 9.45. The second-order valence-corrected chi connectivity index (χ2v) is 10.8. The number of ketones is 2. The maximum Gasteiger partial charge on any atom is 0.303 e. The Balaban J connectivity index is 1.73. The van der Waals surface area contributed by atoms with Crippen LogP contribution in [0.3, 0.4) is 0 Å². The molecule has 4 aliphatic carbocycles. The number of aliphatic carboxylic acids is 1. The van der Waals surface area contributed by atoms with Crippen molar-refractivity contribution >= 4 is 17.5 Å². The summed E-state index contributed by atoms with van der Waals surface area (Å²) in [6.45, 7) is 8.20. The third-order valence-electron chi connectivity index (χ3n) is 9.86. The van der Waals surface area contributed by atoms with Crippen LogP contribution in [0.5, 0.6) is 0 Å². The second kappa shape index (κ2) is 6.80. The summed E-state index contributed by atoms with van der Waals surface area (Å²) in [5.41, 5.74) is 0.0276. The van der Waals surface area contributed by atoms with E-state index in [0.717, 1.165) is 37.7 Å². The van der Waals surface area contributed by atoms with Gasteiger partial charge in [0.2, 0.25) is 5.78 Å². The molecule has 30 heavy (non-hydrogen) atoms. The fraction of sp³-hybridized carbons (Fsp3) is 0.720. The number of Topliss-reactive ketones (excluding diaryl/α,β-unsaturated/α-hetero) is 1. The highest BCUT2D eigenvalue weighted by molar-refractivity contribution is 6.04. The van der Waals surface area contributed by atoms with E-state index in [0.29, 0.717) is 24.2 Å². The molecule has 0 saturated heterocycles. The molecule has 0 aromatic carbocycles. The number of fused-ring (bicyclic) bond motifs is 5. The molecule has 5 heteroatoms. The van der Waals surface area contributed by atoms with E-state index >= 15 is 0 Å². The minimum absolute atomic E-state index is 0.0314. The molecule has 0 aromatic heterocycles. The minimum Gasteiger partial charge on any atom is -0.504 e. The average Bonchev–Trinajstić information content (AvgIpc) is 2.88. The highest BCUT2D eigenvalue weighted by atomic mass is 16.4. The normalized spacial score (nSPS) is 45.0. The highest BCUT2D eigenvalue weighted by Crippen LogP contribution is 2.72. The van der Waals surface area contributed by atoms with Crippen LogP contribution < -0.4 is 0 Å². The molecule has 0 heterocycles. The Kier molecular flexibility index (Phi) is 4.83. The van der Waals surface area contributed by atoms with Gasteiger partial charge >= 0.3 is 5.97 Å². The van der Waals surface area contributed by atoms with Crippen LogP contribution in [0.1, 0.15) is 72.6 Å². The molecular formula is C25H34O5. The maximum atomic E-state index is 13.1. The Morgan fingerprint density at radius 3 is 2.53 bits per heavy atom. The fourth-order valence-corrected chi connectivity index (χ4v) is 8.49. The zero-order chi connectivity index (χ0) is 22.1. The van der Waals surface area contributed by atoms with E-state index in [1.54, 1.807) is 19.1 Å². The summed E-state index contributed by atoms with van der Waals surface area (Å²) in [4.78, 5) is 36.5. The highest BCUT2D eigenvalue weighted by Gasteiger charge is 2.67. The molecule has 0 aromatic rings. The molecule has 0 spiro atoms. The van der Waals surface area contributed by atoms with Crippen molar-refractivity contribution < 1.29 is 24.6 Å². The number of carbonyl (C=O) groups excluding carboxylic acids is 2. The first kappa shape index (κ1) is 21.3. The Labute approximate surface area is 178 Å². The molecule has 3 fully saturated rings. The summed E-state index contributed by atoms with van der Waals surface area (Å²) in [6, 6.07) is 0. The van der Waals surface area contributed by atoms with E-state index in [4.69, 9.17) is 0 Å². The molecule has 0 amide bonds. The number of hydrogen-bond donors (Lipinski definition) is 2. The van der Waals surface area contributed by atoms with Gasteiger partial charge in [-0.25, -0.2) is 0 Å². The van der Waals surface area contributed by atoms with Crippen LogP contribution in [-0.2, 0) is 14.4 Å². The van der Waals surface area contributed by atoms with Gasteiger partial charge < -0.3 is 10.2 Å². The SMILES string of the molecule is CC(=O)[C@@]1(CCC(=O)O)[C@@H](C)C[C@H]2[C@@H]3CCC4=CC(=O)C(O)=C[C@]4(C)[C@H]3CC[C@@]21C. The van der Waals surface area contributed by atoms with Crippen molar-refractivity contribution in [3.8, 4) is 0 Å². The molecule has 5 nitrogen and oxygen atoms in total. The summed E-state index contributed by atoms with van der Waals surface area (Å²) in [5.74, 6) is 0.131. The summed E-state index contributed by atoms with van der Waals surface area (Å²) in [7, 11) is 0. The van der Waals surface area contributed by atoms with Crippen LogP contribution in [0.15, 0.2) is 23.5 Å². The second-order valence-electron chi connectivity index (χ2n) is 10.8. The predicted molar refractivity (Wildman–Crippen MR) is 113 cm³/mol. The molecule has 0 radical (unpaired) electrons. The van der Waals surface area contributed by atoms with Gasteiger partial charge in [0, 0.05) is 17.3 Å². The summed E-state index contributed by atoms with van der Waals surface area (Å²) >= 11 is 0. The fourth-order valence-electron chi connectivity index (χ4n) is 8.49. The number of carbonyl (C=O) groups is 3. The Hall–Kier alpha value is -1.91. The zero-order valence-corrected chi connectivity index (χ0v) is 18.5. The average molecular weight is 415 g/mol. The summed E-state index contributed by atoms with van der Waals surface area (Å²) in [5, 5.41) is 19.6. The van der Waals surface area contributed by atoms with E-state index < -0.39 is 11.4 Å². The van der Waals surface area contributed by atoms with E-state index in [1.807, 2.05) is 0 Å². The third-order valence-corrected chi connectivity index (χ3v) is 9.86. The number of hydrogen-bond acceptors (Lipinski definition) is 4. The van der Waals surface area contributed by atoms with Crippen LogP contribution in [-0.4, -0.2) is 27.7 Å². The number of aliphatic hydroxyl groups excluding tert-OH is 1. The first-order valence-electron chi connectivity index (χ1n) is 11.4. The van der Waals surface area contributed by atoms with Gasteiger partial charge in [0.25, 0.3) is 0 Å². The number of rotatable bonds is 4. The van der Waals surface area contributed by atoms with Gasteiger partial charge in [0.05, 0.1) is 0 Å². The Bertz CT molecular complexity index is 869. The smallest absolute Gasteiger partial charge is 0.303 e. The first-order valence-corrected chi connectivity index (χ1v) is 11.4. The Morgan fingerprint density at radius 2 is 1.90 bits per heavy atom. The number of allylic oxidation sites excluding steroid dienone is 3. The van der Waals surface area contributed by atoms with E-state index in [1.165, 1.54) is 0 Å². The van der Waals surface area contributed by atoms with Gasteiger partial charge in [-0.1, -0.05) is 26.3 Å².